The number of nitrogens with two attached hydrogens (primary N) is 1. The highest BCUT2D eigenvalue weighted by Gasteiger charge is 2.14. The Morgan fingerprint density at radius 3 is 2.06 bits per heavy atom. The van der Waals surface area contributed by atoms with Crippen LogP contribution in [0, 0.1) is 0 Å². The van der Waals surface area contributed by atoms with Gasteiger partial charge in [-0.2, -0.15) is 0 Å². The van der Waals surface area contributed by atoms with Crippen molar-refractivity contribution in [3.63, 3.8) is 0 Å². The third-order valence-corrected chi connectivity index (χ3v) is 4.90. The van der Waals surface area contributed by atoms with Crippen LogP contribution in [-0.2, 0) is 9.63 Å². The minimum Gasteiger partial charge on any atom is -0.497 e. The van der Waals surface area contributed by atoms with Gasteiger partial charge in [-0.25, -0.2) is 0 Å². The number of hydrogen-bond donors (Lipinski definition) is 2. The van der Waals surface area contributed by atoms with E-state index in [0.29, 0.717) is 12.1 Å². The van der Waals surface area contributed by atoms with E-state index in [1.54, 1.807) is 31.4 Å². The van der Waals surface area contributed by atoms with Crippen LogP contribution in [0.25, 0.3) is 0 Å². The van der Waals surface area contributed by atoms with Crippen LogP contribution >= 0.6 is 0 Å². The summed E-state index contributed by atoms with van der Waals surface area (Å²) < 4.78 is 5.11. The van der Waals surface area contributed by atoms with Crippen molar-refractivity contribution in [3.05, 3.63) is 102 Å². The molecule has 0 aliphatic heterocycles. The molecule has 0 heterocycles. The number of carbonyl (C=O) groups is 1. The van der Waals surface area contributed by atoms with Crippen molar-refractivity contribution < 1.29 is 14.4 Å². The van der Waals surface area contributed by atoms with Gasteiger partial charge in [0, 0.05) is 18.0 Å². The fourth-order valence-electron chi connectivity index (χ4n) is 3.28. The monoisotopic (exact) mass is 417 g/mol. The van der Waals surface area contributed by atoms with Gasteiger partial charge < -0.3 is 20.6 Å². The van der Waals surface area contributed by atoms with Crippen LogP contribution in [0.5, 0.6) is 5.75 Å². The van der Waals surface area contributed by atoms with E-state index in [0.717, 1.165) is 12.2 Å². The standard InChI is InChI=1S/C25H27N3O3/c1-30-22-14-12-21(13-15-22)25(26)28-31-18-24(29)27-17-16-23(19-8-4-2-5-9-19)20-10-6-3-7-11-20/h2-15,23H,16-18H2,1H3,(H2,26,28)(H,27,29). The van der Waals surface area contributed by atoms with Crippen LogP contribution in [0.4, 0.5) is 0 Å². The third-order valence-electron chi connectivity index (χ3n) is 4.90. The lowest BCUT2D eigenvalue weighted by molar-refractivity contribution is -0.125. The predicted octanol–water partition coefficient (Wildman–Crippen LogP) is 3.67. The molecule has 0 radical (unpaired) electrons. The van der Waals surface area contributed by atoms with E-state index in [4.69, 9.17) is 15.3 Å². The van der Waals surface area contributed by atoms with Gasteiger partial charge in [0.2, 0.25) is 0 Å². The van der Waals surface area contributed by atoms with E-state index in [9.17, 15) is 4.79 Å². The van der Waals surface area contributed by atoms with Crippen molar-refractivity contribution in [1.29, 1.82) is 0 Å². The van der Waals surface area contributed by atoms with Crippen LogP contribution in [-0.4, -0.2) is 32.0 Å². The third kappa shape index (κ3) is 6.60. The lowest BCUT2D eigenvalue weighted by Crippen LogP contribution is -2.29. The molecule has 0 saturated heterocycles. The van der Waals surface area contributed by atoms with Crippen LogP contribution in [0.1, 0.15) is 29.0 Å². The average molecular weight is 418 g/mol. The second-order valence-electron chi connectivity index (χ2n) is 6.99. The molecule has 0 saturated carbocycles. The Bertz CT molecular complexity index is 934. The van der Waals surface area contributed by atoms with Gasteiger partial charge >= 0.3 is 0 Å². The van der Waals surface area contributed by atoms with Gasteiger partial charge in [-0.1, -0.05) is 65.8 Å². The summed E-state index contributed by atoms with van der Waals surface area (Å²) in [6.07, 6.45) is 0.775. The first kappa shape index (κ1) is 21.9. The van der Waals surface area contributed by atoms with E-state index in [-0.39, 0.29) is 24.3 Å². The maximum Gasteiger partial charge on any atom is 0.260 e. The highest BCUT2D eigenvalue weighted by molar-refractivity contribution is 5.97. The summed E-state index contributed by atoms with van der Waals surface area (Å²) in [5.74, 6) is 0.878. The molecule has 1 amide bonds. The van der Waals surface area contributed by atoms with E-state index in [2.05, 4.69) is 34.7 Å². The van der Waals surface area contributed by atoms with Gasteiger partial charge in [-0.15, -0.1) is 0 Å². The Morgan fingerprint density at radius 2 is 1.52 bits per heavy atom. The molecule has 0 atom stereocenters. The molecule has 6 heteroatoms. The van der Waals surface area contributed by atoms with Crippen molar-refractivity contribution in [1.82, 2.24) is 5.32 Å². The van der Waals surface area contributed by atoms with Crippen LogP contribution in [0.15, 0.2) is 90.1 Å². The van der Waals surface area contributed by atoms with E-state index < -0.39 is 0 Å². The first-order valence-electron chi connectivity index (χ1n) is 10.1. The smallest absolute Gasteiger partial charge is 0.260 e. The number of hydrogen-bond acceptors (Lipinski definition) is 4. The Kier molecular flexibility index (Phi) is 8.05. The summed E-state index contributed by atoms with van der Waals surface area (Å²) in [5.41, 5.74) is 9.02. The maximum atomic E-state index is 12.1. The van der Waals surface area contributed by atoms with Crippen LogP contribution in [0.3, 0.4) is 0 Å². The molecular weight excluding hydrogens is 390 g/mol. The zero-order valence-electron chi connectivity index (χ0n) is 17.5. The zero-order chi connectivity index (χ0) is 21.9. The molecular formula is C25H27N3O3. The summed E-state index contributed by atoms with van der Waals surface area (Å²) in [6, 6.07) is 27.7. The fraction of sp³-hybridized carbons (Fsp3) is 0.200. The molecule has 0 spiro atoms. The molecule has 0 aliphatic rings. The quantitative estimate of drug-likeness (QED) is 0.299. The Morgan fingerprint density at radius 1 is 0.935 bits per heavy atom. The zero-order valence-corrected chi connectivity index (χ0v) is 17.5. The second-order valence-corrected chi connectivity index (χ2v) is 6.99. The number of amidine groups is 1. The lowest BCUT2D eigenvalue weighted by Gasteiger charge is -2.18. The topological polar surface area (TPSA) is 85.9 Å². The minimum atomic E-state index is -0.244. The summed E-state index contributed by atoms with van der Waals surface area (Å²) in [7, 11) is 1.59. The molecule has 0 aliphatic carbocycles. The SMILES string of the molecule is COc1ccc(/C(N)=N/OCC(=O)NCCC(c2ccccc2)c2ccccc2)cc1. The summed E-state index contributed by atoms with van der Waals surface area (Å²) in [5, 5.41) is 6.71. The van der Waals surface area contributed by atoms with Gasteiger partial charge in [-0.3, -0.25) is 4.79 Å². The highest BCUT2D eigenvalue weighted by Crippen LogP contribution is 2.27. The maximum absolute atomic E-state index is 12.1. The number of rotatable bonds is 10. The first-order chi connectivity index (χ1) is 15.2. The minimum absolute atomic E-state index is 0.196. The number of nitrogens with zero attached hydrogens (tertiary/aromatic N) is 1. The second kappa shape index (κ2) is 11.4. The number of nitrogens with one attached hydrogen (secondary N) is 1. The number of carbonyl (C=O) groups excluding carboxylic acids is 1. The van der Waals surface area contributed by atoms with Crippen LogP contribution in [0.2, 0.25) is 0 Å². The van der Waals surface area contributed by atoms with Crippen molar-refractivity contribution in [2.24, 2.45) is 10.9 Å². The van der Waals surface area contributed by atoms with Crippen molar-refractivity contribution >= 4 is 11.7 Å². The summed E-state index contributed by atoms with van der Waals surface area (Å²) in [4.78, 5) is 17.3. The molecule has 3 N–H and O–H groups in total. The number of ether oxygens (including phenoxy) is 1. The molecule has 0 aromatic heterocycles. The van der Waals surface area contributed by atoms with Gasteiger partial charge in [-0.05, 0) is 41.8 Å². The van der Waals surface area contributed by atoms with E-state index >= 15 is 0 Å². The van der Waals surface area contributed by atoms with Crippen LogP contribution < -0.4 is 15.8 Å². The number of benzene rings is 3. The molecule has 160 valence electrons. The highest BCUT2D eigenvalue weighted by atomic mass is 16.6. The van der Waals surface area contributed by atoms with Gasteiger partial charge in [0.05, 0.1) is 7.11 Å². The Hall–Kier alpha value is -3.80. The molecule has 3 aromatic carbocycles. The molecule has 0 bridgehead atoms. The predicted molar refractivity (Wildman–Crippen MR) is 122 cm³/mol. The summed E-state index contributed by atoms with van der Waals surface area (Å²) in [6.45, 7) is 0.326. The molecule has 0 unspecified atom stereocenters. The molecule has 3 rings (SSSR count). The first-order valence-corrected chi connectivity index (χ1v) is 10.1. The normalized spacial score (nSPS) is 11.2. The molecule has 6 nitrogen and oxygen atoms in total. The number of oxime groups is 1. The number of amides is 1. The van der Waals surface area contributed by atoms with E-state index in [1.165, 1.54) is 11.1 Å². The molecule has 0 fully saturated rings. The Labute approximate surface area is 182 Å². The fourth-order valence-corrected chi connectivity index (χ4v) is 3.28. The van der Waals surface area contributed by atoms with Gasteiger partial charge in [0.25, 0.3) is 5.91 Å². The van der Waals surface area contributed by atoms with Gasteiger partial charge in [0.1, 0.15) is 5.75 Å². The Balaban J connectivity index is 1.49. The summed E-state index contributed by atoms with van der Waals surface area (Å²) >= 11 is 0. The largest absolute Gasteiger partial charge is 0.497 e. The lowest BCUT2D eigenvalue weighted by atomic mass is 9.88. The van der Waals surface area contributed by atoms with Crippen molar-refractivity contribution in [2.45, 2.75) is 12.3 Å². The van der Waals surface area contributed by atoms with Gasteiger partial charge in [0.15, 0.2) is 12.4 Å². The van der Waals surface area contributed by atoms with E-state index in [1.807, 2.05) is 36.4 Å². The van der Waals surface area contributed by atoms with Crippen molar-refractivity contribution in [3.8, 4) is 5.75 Å². The number of methoxy groups -OCH3 is 1. The van der Waals surface area contributed by atoms with Crippen molar-refractivity contribution in [2.75, 3.05) is 20.3 Å². The average Bonchev–Trinajstić information content (AvgIpc) is 2.83. The molecule has 3 aromatic rings. The molecule has 31 heavy (non-hydrogen) atoms.